The molecule has 0 radical (unpaired) electrons. The highest BCUT2D eigenvalue weighted by atomic mass is 16.5. The molecule has 0 bridgehead atoms. The highest BCUT2D eigenvalue weighted by Crippen LogP contribution is 2.30. The normalized spacial score (nSPS) is 10.8. The van der Waals surface area contributed by atoms with Gasteiger partial charge in [-0.05, 0) is 31.9 Å². The minimum Gasteiger partial charge on any atom is -0.465 e. The predicted molar refractivity (Wildman–Crippen MR) is 104 cm³/mol. The summed E-state index contributed by atoms with van der Waals surface area (Å²) in [5, 5.41) is 0. The number of hydrogen-bond acceptors (Lipinski definition) is 5. The highest BCUT2D eigenvalue weighted by Gasteiger charge is 2.33. The number of carbonyl (C=O) groups is 3. The Balaban J connectivity index is 2.46. The maximum Gasteiger partial charge on any atom is 0.341 e. The highest BCUT2D eigenvalue weighted by molar-refractivity contribution is 6.20. The van der Waals surface area contributed by atoms with Crippen LogP contribution in [0.25, 0.3) is 5.52 Å². The summed E-state index contributed by atoms with van der Waals surface area (Å²) in [7, 11) is 2.45. The number of aryl methyl sites for hydroxylation is 3. The van der Waals surface area contributed by atoms with E-state index in [2.05, 4.69) is 0 Å². The number of carbonyl (C=O) groups excluding carboxylic acids is 3. The van der Waals surface area contributed by atoms with Gasteiger partial charge in [-0.3, -0.25) is 4.79 Å². The van der Waals surface area contributed by atoms with Crippen molar-refractivity contribution >= 4 is 23.2 Å². The Labute approximate surface area is 162 Å². The van der Waals surface area contributed by atoms with Gasteiger partial charge in [0.1, 0.15) is 16.8 Å². The molecule has 0 amide bonds. The average Bonchev–Trinajstić information content (AvgIpc) is 3.01. The number of aromatic nitrogens is 1. The van der Waals surface area contributed by atoms with Crippen LogP contribution >= 0.6 is 0 Å². The Hall–Kier alpha value is -3.41. The molecule has 28 heavy (non-hydrogen) atoms. The minimum atomic E-state index is -0.767. The molecule has 0 aliphatic carbocycles. The molecule has 0 N–H and O–H groups in total. The van der Waals surface area contributed by atoms with Crippen molar-refractivity contribution in [2.75, 3.05) is 14.2 Å². The van der Waals surface area contributed by atoms with Crippen LogP contribution < -0.4 is 0 Å². The van der Waals surface area contributed by atoms with Crippen LogP contribution in [0.1, 0.15) is 53.5 Å². The molecular weight excluding hydrogens is 358 g/mol. The molecule has 0 saturated heterocycles. The number of rotatable bonds is 4. The molecule has 0 aliphatic rings. The molecule has 0 unspecified atom stereocenters. The topological polar surface area (TPSA) is 74.1 Å². The summed E-state index contributed by atoms with van der Waals surface area (Å²) in [5.74, 6) is -1.85. The van der Waals surface area contributed by atoms with Gasteiger partial charge in [0.05, 0.1) is 19.7 Å². The van der Waals surface area contributed by atoms with Crippen LogP contribution in [0.4, 0.5) is 0 Å². The molecule has 3 aromatic rings. The Morgan fingerprint density at radius 1 is 0.821 bits per heavy atom. The van der Waals surface area contributed by atoms with Crippen LogP contribution in [0.15, 0.2) is 36.5 Å². The Bertz CT molecular complexity index is 1110. The number of ketones is 1. The number of pyridine rings is 1. The standard InChI is InChI=1S/C22H21NO5/c1-12-6-8-15(9-7-12)20(24)19-17(22(26)28-5)16(21(25)27-4)18-14(3)10-13(2)11-23(18)19/h6-11H,1-5H3. The third-order valence-electron chi connectivity index (χ3n) is 4.66. The summed E-state index contributed by atoms with van der Waals surface area (Å²) in [6.07, 6.45) is 1.72. The number of hydrogen-bond donors (Lipinski definition) is 0. The fourth-order valence-corrected chi connectivity index (χ4v) is 3.42. The van der Waals surface area contributed by atoms with Gasteiger partial charge in [-0.15, -0.1) is 0 Å². The molecule has 0 saturated carbocycles. The zero-order valence-corrected chi connectivity index (χ0v) is 16.5. The molecule has 3 rings (SSSR count). The van der Waals surface area contributed by atoms with E-state index in [1.807, 2.05) is 39.0 Å². The van der Waals surface area contributed by atoms with Crippen molar-refractivity contribution < 1.29 is 23.9 Å². The van der Waals surface area contributed by atoms with E-state index in [9.17, 15) is 14.4 Å². The van der Waals surface area contributed by atoms with Crippen LogP contribution in [-0.4, -0.2) is 36.3 Å². The predicted octanol–water partition coefficient (Wildman–Crippen LogP) is 3.67. The van der Waals surface area contributed by atoms with E-state index in [1.165, 1.54) is 14.2 Å². The first-order chi connectivity index (χ1) is 13.3. The summed E-state index contributed by atoms with van der Waals surface area (Å²) in [5.41, 5.74) is 3.51. The van der Waals surface area contributed by atoms with Crippen molar-refractivity contribution in [2.45, 2.75) is 20.8 Å². The lowest BCUT2D eigenvalue weighted by Gasteiger charge is -2.07. The Morgan fingerprint density at radius 3 is 1.96 bits per heavy atom. The number of esters is 2. The summed E-state index contributed by atoms with van der Waals surface area (Å²) in [4.78, 5) is 38.6. The zero-order valence-electron chi connectivity index (χ0n) is 16.5. The number of methoxy groups -OCH3 is 2. The van der Waals surface area contributed by atoms with Gasteiger partial charge < -0.3 is 13.9 Å². The number of fused-ring (bicyclic) bond motifs is 1. The lowest BCUT2D eigenvalue weighted by Crippen LogP contribution is -2.15. The van der Waals surface area contributed by atoms with Crippen molar-refractivity contribution in [2.24, 2.45) is 0 Å². The quantitative estimate of drug-likeness (QED) is 0.511. The van der Waals surface area contributed by atoms with Crippen LogP contribution in [0.3, 0.4) is 0 Å². The molecular formula is C22H21NO5. The monoisotopic (exact) mass is 379 g/mol. The van der Waals surface area contributed by atoms with Crippen molar-refractivity contribution in [1.29, 1.82) is 0 Å². The second-order valence-corrected chi connectivity index (χ2v) is 6.70. The first kappa shape index (κ1) is 19.4. The first-order valence-corrected chi connectivity index (χ1v) is 8.73. The molecule has 6 nitrogen and oxygen atoms in total. The van der Waals surface area contributed by atoms with Gasteiger partial charge >= 0.3 is 11.9 Å². The maximum absolute atomic E-state index is 13.4. The smallest absolute Gasteiger partial charge is 0.341 e. The van der Waals surface area contributed by atoms with Crippen molar-refractivity contribution in [1.82, 2.24) is 4.40 Å². The van der Waals surface area contributed by atoms with Gasteiger partial charge in [0.25, 0.3) is 0 Å². The summed E-state index contributed by atoms with van der Waals surface area (Å²) < 4.78 is 11.4. The summed E-state index contributed by atoms with van der Waals surface area (Å²) in [6, 6.07) is 8.90. The van der Waals surface area contributed by atoms with E-state index < -0.39 is 11.9 Å². The fourth-order valence-electron chi connectivity index (χ4n) is 3.42. The van der Waals surface area contributed by atoms with Crippen molar-refractivity contribution in [3.8, 4) is 0 Å². The summed E-state index contributed by atoms with van der Waals surface area (Å²) in [6.45, 7) is 5.61. The first-order valence-electron chi connectivity index (χ1n) is 8.73. The molecule has 2 aromatic heterocycles. The molecule has 2 heterocycles. The van der Waals surface area contributed by atoms with E-state index in [4.69, 9.17) is 9.47 Å². The molecule has 0 spiro atoms. The number of nitrogens with zero attached hydrogens (tertiary/aromatic N) is 1. The Morgan fingerprint density at radius 2 is 1.39 bits per heavy atom. The zero-order chi connectivity index (χ0) is 20.6. The van der Waals surface area contributed by atoms with Gasteiger partial charge in [0.2, 0.25) is 5.78 Å². The molecule has 0 aliphatic heterocycles. The van der Waals surface area contributed by atoms with Crippen LogP contribution in [0.2, 0.25) is 0 Å². The SMILES string of the molecule is COC(=O)c1c(C(=O)OC)c2c(C)cc(C)cn2c1C(=O)c1ccc(C)cc1. The second kappa shape index (κ2) is 7.31. The molecule has 0 fully saturated rings. The van der Waals surface area contributed by atoms with E-state index in [1.54, 1.807) is 22.7 Å². The van der Waals surface area contributed by atoms with Crippen molar-refractivity contribution in [3.63, 3.8) is 0 Å². The van der Waals surface area contributed by atoms with E-state index in [0.717, 1.165) is 16.7 Å². The minimum absolute atomic E-state index is 0.0299. The molecule has 1 aromatic carbocycles. The summed E-state index contributed by atoms with van der Waals surface area (Å²) >= 11 is 0. The largest absolute Gasteiger partial charge is 0.465 e. The maximum atomic E-state index is 13.4. The molecule has 0 atom stereocenters. The van der Waals surface area contributed by atoms with Crippen molar-refractivity contribution in [3.05, 3.63) is 75.6 Å². The van der Waals surface area contributed by atoms with Gasteiger partial charge in [0, 0.05) is 11.8 Å². The second-order valence-electron chi connectivity index (χ2n) is 6.70. The van der Waals surface area contributed by atoms with Gasteiger partial charge in [-0.1, -0.05) is 35.9 Å². The lowest BCUT2D eigenvalue weighted by atomic mass is 10.0. The van der Waals surface area contributed by atoms with Gasteiger partial charge in [0.15, 0.2) is 0 Å². The third kappa shape index (κ3) is 3.07. The van der Waals surface area contributed by atoms with E-state index in [-0.39, 0.29) is 22.6 Å². The average molecular weight is 379 g/mol. The van der Waals surface area contributed by atoms with Gasteiger partial charge in [-0.2, -0.15) is 0 Å². The van der Waals surface area contributed by atoms with Crippen LogP contribution in [-0.2, 0) is 9.47 Å². The third-order valence-corrected chi connectivity index (χ3v) is 4.66. The number of ether oxygens (including phenoxy) is 2. The van der Waals surface area contributed by atoms with Crippen LogP contribution in [0, 0.1) is 20.8 Å². The van der Waals surface area contributed by atoms with Crippen LogP contribution in [0.5, 0.6) is 0 Å². The lowest BCUT2D eigenvalue weighted by molar-refractivity contribution is 0.0556. The van der Waals surface area contributed by atoms with E-state index in [0.29, 0.717) is 11.1 Å². The van der Waals surface area contributed by atoms with Gasteiger partial charge in [-0.25, -0.2) is 9.59 Å². The molecule has 6 heteroatoms. The van der Waals surface area contributed by atoms with E-state index >= 15 is 0 Å². The number of benzene rings is 1. The fraction of sp³-hybridized carbons (Fsp3) is 0.227. The molecule has 144 valence electrons. The Kier molecular flexibility index (Phi) is 5.05.